The molecule has 1 aromatic carbocycles. The molecule has 0 saturated carbocycles. The fourth-order valence-electron chi connectivity index (χ4n) is 2.28. The number of hydrogen-bond acceptors (Lipinski definition) is 5. The van der Waals surface area contributed by atoms with Crippen LogP contribution in [0, 0.1) is 13.8 Å². The lowest BCUT2D eigenvalue weighted by molar-refractivity contribution is -0.115. The van der Waals surface area contributed by atoms with Crippen LogP contribution in [0.25, 0.3) is 5.65 Å². The molecule has 1 amide bonds. The molecule has 2 heterocycles. The predicted molar refractivity (Wildman–Crippen MR) is 97.3 cm³/mol. The van der Waals surface area contributed by atoms with E-state index in [1.54, 1.807) is 22.7 Å². The van der Waals surface area contributed by atoms with E-state index in [-0.39, 0.29) is 11.2 Å². The lowest BCUT2D eigenvalue weighted by Crippen LogP contribution is -2.23. The van der Waals surface area contributed by atoms with E-state index >= 15 is 0 Å². The van der Waals surface area contributed by atoms with E-state index < -0.39 is 0 Å². The van der Waals surface area contributed by atoms with Crippen molar-refractivity contribution in [2.45, 2.75) is 31.2 Å². The highest BCUT2D eigenvalue weighted by atomic mass is 32.2. The summed E-state index contributed by atoms with van der Waals surface area (Å²) < 4.78 is 1.79. The summed E-state index contributed by atoms with van der Waals surface area (Å²) in [5.74, 6) is -0.0747. The Morgan fingerprint density at radius 1 is 1.25 bits per heavy atom. The minimum Gasteiger partial charge on any atom is -0.398 e. The lowest BCUT2D eigenvalue weighted by atomic mass is 10.1. The summed E-state index contributed by atoms with van der Waals surface area (Å²) >= 11 is 1.35. The van der Waals surface area contributed by atoms with Crippen molar-refractivity contribution in [1.29, 1.82) is 0 Å². The van der Waals surface area contributed by atoms with Gasteiger partial charge in [-0.05, 0) is 50.1 Å². The average molecular weight is 341 g/mol. The first-order valence-electron chi connectivity index (χ1n) is 7.59. The number of carbonyl (C=O) groups excluding carboxylic acids is 1. The van der Waals surface area contributed by atoms with Crippen LogP contribution in [-0.4, -0.2) is 25.8 Å². The van der Waals surface area contributed by atoms with Gasteiger partial charge in [-0.15, -0.1) is 10.2 Å². The molecule has 7 heteroatoms. The third-order valence-corrected chi connectivity index (χ3v) is 4.75. The van der Waals surface area contributed by atoms with Crippen LogP contribution < -0.4 is 11.1 Å². The normalized spacial score (nSPS) is 12.3. The van der Waals surface area contributed by atoms with Gasteiger partial charge in [-0.1, -0.05) is 23.9 Å². The first kappa shape index (κ1) is 16.3. The second kappa shape index (κ2) is 6.52. The number of pyridine rings is 1. The van der Waals surface area contributed by atoms with Crippen LogP contribution in [-0.2, 0) is 4.79 Å². The minimum atomic E-state index is -0.321. The van der Waals surface area contributed by atoms with E-state index in [1.165, 1.54) is 11.8 Å². The Hall–Kier alpha value is -2.54. The highest BCUT2D eigenvalue weighted by Crippen LogP contribution is 2.25. The molecule has 0 aliphatic heterocycles. The van der Waals surface area contributed by atoms with Crippen molar-refractivity contribution in [1.82, 2.24) is 14.6 Å². The zero-order valence-electron chi connectivity index (χ0n) is 13.8. The standard InChI is InChI=1S/C17H19N5OS/c1-10-4-5-11(2)14(8-10)19-16(23)12(3)24-17-21-20-15-7-6-13(18)9-22(15)17/h4-9,12H,18H2,1-3H3,(H,19,23). The fraction of sp³-hybridized carbons (Fsp3) is 0.235. The molecule has 3 rings (SSSR count). The van der Waals surface area contributed by atoms with Crippen molar-refractivity contribution in [3.63, 3.8) is 0 Å². The molecular weight excluding hydrogens is 322 g/mol. The van der Waals surface area contributed by atoms with Crippen LogP contribution in [0.2, 0.25) is 0 Å². The SMILES string of the molecule is Cc1ccc(C)c(NC(=O)C(C)Sc2nnc3ccc(N)cn23)c1. The Bertz CT molecular complexity index is 905. The molecule has 2 aromatic heterocycles. The van der Waals surface area contributed by atoms with Gasteiger partial charge < -0.3 is 11.1 Å². The van der Waals surface area contributed by atoms with Gasteiger partial charge in [0.2, 0.25) is 5.91 Å². The van der Waals surface area contributed by atoms with E-state index in [1.807, 2.05) is 39.0 Å². The third-order valence-electron chi connectivity index (χ3n) is 3.70. The quantitative estimate of drug-likeness (QED) is 0.712. The molecule has 6 nitrogen and oxygen atoms in total. The number of amides is 1. The number of nitrogens with two attached hydrogens (primary N) is 1. The van der Waals surface area contributed by atoms with E-state index in [9.17, 15) is 4.79 Å². The number of benzene rings is 1. The molecule has 0 saturated heterocycles. The maximum Gasteiger partial charge on any atom is 0.237 e. The second-order valence-electron chi connectivity index (χ2n) is 5.74. The van der Waals surface area contributed by atoms with Gasteiger partial charge in [-0.25, -0.2) is 0 Å². The number of thioether (sulfide) groups is 1. The van der Waals surface area contributed by atoms with Crippen LogP contribution in [0.15, 0.2) is 41.7 Å². The van der Waals surface area contributed by atoms with Gasteiger partial charge in [0, 0.05) is 17.6 Å². The summed E-state index contributed by atoms with van der Waals surface area (Å²) in [4.78, 5) is 12.5. The van der Waals surface area contributed by atoms with Crippen molar-refractivity contribution < 1.29 is 4.79 Å². The summed E-state index contributed by atoms with van der Waals surface area (Å²) in [6.07, 6.45) is 1.76. The minimum absolute atomic E-state index is 0.0747. The van der Waals surface area contributed by atoms with E-state index in [0.29, 0.717) is 16.5 Å². The Kier molecular flexibility index (Phi) is 4.44. The molecule has 1 unspecified atom stereocenters. The Morgan fingerprint density at radius 3 is 2.83 bits per heavy atom. The van der Waals surface area contributed by atoms with E-state index in [2.05, 4.69) is 15.5 Å². The number of nitrogens with zero attached hydrogens (tertiary/aromatic N) is 3. The van der Waals surface area contributed by atoms with Crippen LogP contribution >= 0.6 is 11.8 Å². The van der Waals surface area contributed by atoms with Gasteiger partial charge in [-0.2, -0.15) is 0 Å². The van der Waals surface area contributed by atoms with Crippen molar-refractivity contribution in [3.05, 3.63) is 47.7 Å². The zero-order chi connectivity index (χ0) is 17.3. The molecule has 1 atom stereocenters. The largest absolute Gasteiger partial charge is 0.398 e. The molecular formula is C17H19N5OS. The van der Waals surface area contributed by atoms with Crippen LogP contribution in [0.5, 0.6) is 0 Å². The van der Waals surface area contributed by atoms with Crippen molar-refractivity contribution in [3.8, 4) is 0 Å². The number of nitrogen functional groups attached to an aromatic ring is 1. The van der Waals surface area contributed by atoms with Crippen LogP contribution in [0.1, 0.15) is 18.1 Å². The molecule has 0 aliphatic rings. The number of hydrogen-bond donors (Lipinski definition) is 2. The van der Waals surface area contributed by atoms with Gasteiger partial charge in [0.05, 0.1) is 5.25 Å². The second-order valence-corrected chi connectivity index (χ2v) is 7.05. The molecule has 0 spiro atoms. The third kappa shape index (κ3) is 3.35. The number of aryl methyl sites for hydroxylation is 2. The Balaban J connectivity index is 1.76. The smallest absolute Gasteiger partial charge is 0.237 e. The summed E-state index contributed by atoms with van der Waals surface area (Å²) in [6, 6.07) is 9.56. The monoisotopic (exact) mass is 341 g/mol. The highest BCUT2D eigenvalue weighted by molar-refractivity contribution is 8.00. The summed E-state index contributed by atoms with van der Waals surface area (Å²) in [7, 11) is 0. The van der Waals surface area contributed by atoms with Gasteiger partial charge in [0.25, 0.3) is 0 Å². The number of fused-ring (bicyclic) bond motifs is 1. The van der Waals surface area contributed by atoms with Gasteiger partial charge in [-0.3, -0.25) is 9.20 Å². The van der Waals surface area contributed by atoms with Gasteiger partial charge >= 0.3 is 0 Å². The summed E-state index contributed by atoms with van der Waals surface area (Å²) in [5.41, 5.74) is 10.1. The van der Waals surface area contributed by atoms with Gasteiger partial charge in [0.1, 0.15) is 0 Å². The van der Waals surface area contributed by atoms with E-state index in [0.717, 1.165) is 16.8 Å². The number of carbonyl (C=O) groups is 1. The van der Waals surface area contributed by atoms with E-state index in [4.69, 9.17) is 5.73 Å². The van der Waals surface area contributed by atoms with Crippen molar-refractivity contribution in [2.75, 3.05) is 11.1 Å². The number of rotatable bonds is 4. The predicted octanol–water partition coefficient (Wildman–Crippen LogP) is 3.05. The molecule has 124 valence electrons. The topological polar surface area (TPSA) is 85.3 Å². The maximum atomic E-state index is 12.5. The fourth-order valence-corrected chi connectivity index (χ4v) is 3.11. The zero-order valence-corrected chi connectivity index (χ0v) is 14.6. The van der Waals surface area contributed by atoms with Gasteiger partial charge in [0.15, 0.2) is 10.8 Å². The molecule has 0 bridgehead atoms. The lowest BCUT2D eigenvalue weighted by Gasteiger charge is -2.13. The maximum absolute atomic E-state index is 12.5. The Morgan fingerprint density at radius 2 is 2.04 bits per heavy atom. The van der Waals surface area contributed by atoms with Crippen molar-refractivity contribution >= 4 is 34.7 Å². The van der Waals surface area contributed by atoms with Crippen molar-refractivity contribution in [2.24, 2.45) is 0 Å². The molecule has 3 N–H and O–H groups in total. The molecule has 0 radical (unpaired) electrons. The van der Waals surface area contributed by atoms with Crippen LogP contribution in [0.3, 0.4) is 0 Å². The number of anilines is 2. The molecule has 24 heavy (non-hydrogen) atoms. The summed E-state index contributed by atoms with van der Waals surface area (Å²) in [5, 5.41) is 11.5. The average Bonchev–Trinajstić information content (AvgIpc) is 2.93. The molecule has 3 aromatic rings. The number of aromatic nitrogens is 3. The first-order chi connectivity index (χ1) is 11.4. The van der Waals surface area contributed by atoms with Crippen LogP contribution in [0.4, 0.5) is 11.4 Å². The first-order valence-corrected chi connectivity index (χ1v) is 8.47. The molecule has 0 aliphatic carbocycles. The highest BCUT2D eigenvalue weighted by Gasteiger charge is 2.18. The Labute approximate surface area is 144 Å². The summed E-state index contributed by atoms with van der Waals surface area (Å²) in [6.45, 7) is 5.82. The molecule has 0 fully saturated rings. The number of nitrogens with one attached hydrogen (secondary N) is 1.